The number of hydrogen-bond acceptors (Lipinski definition) is 5. The molecule has 134 valence electrons. The Kier molecular flexibility index (Phi) is 5.56. The number of alkyl halides is 2. The first-order valence-electron chi connectivity index (χ1n) is 7.08. The minimum atomic E-state index is -3.69. The number of aromatic nitrogens is 4. The van der Waals surface area contributed by atoms with E-state index < -0.39 is 39.3 Å². The summed E-state index contributed by atoms with van der Waals surface area (Å²) in [4.78, 5) is 10.4. The number of nitrogens with one attached hydrogen (secondary N) is 1. The third kappa shape index (κ3) is 3.73. The van der Waals surface area contributed by atoms with E-state index in [1.807, 2.05) is 0 Å². The average Bonchev–Trinajstić information content (AvgIpc) is 2.89. The van der Waals surface area contributed by atoms with Gasteiger partial charge >= 0.3 is 5.69 Å². The Balaban J connectivity index is 2.45. The van der Waals surface area contributed by atoms with Crippen molar-refractivity contribution in [2.45, 2.75) is 30.9 Å². The summed E-state index contributed by atoms with van der Waals surface area (Å²) in [5.74, 6) is -0.989. The normalized spacial score (nSPS) is 24.2. The number of sulfonamides is 1. The average molecular weight is 384 g/mol. The van der Waals surface area contributed by atoms with E-state index >= 15 is 0 Å². The van der Waals surface area contributed by atoms with Crippen LogP contribution in [0.4, 0.5) is 8.78 Å². The van der Waals surface area contributed by atoms with Crippen LogP contribution in [-0.4, -0.2) is 46.7 Å². The number of tetrazole rings is 1. The summed E-state index contributed by atoms with van der Waals surface area (Å²) in [5.41, 5.74) is -0.807. The summed E-state index contributed by atoms with van der Waals surface area (Å²) < 4.78 is 53.4. The molecule has 0 bridgehead atoms. The molecule has 1 aliphatic rings. The van der Waals surface area contributed by atoms with Crippen LogP contribution >= 0.6 is 11.6 Å². The van der Waals surface area contributed by atoms with E-state index in [2.05, 4.69) is 15.1 Å². The summed E-state index contributed by atoms with van der Waals surface area (Å²) in [5, 5.41) is 7.15. The number of allylic oxidation sites excluding steroid dienone is 2. The fourth-order valence-corrected chi connectivity index (χ4v) is 3.30. The maximum Gasteiger partial charge on any atom is 0.365 e. The predicted molar refractivity (Wildman–Crippen MR) is 83.4 cm³/mol. The Morgan fingerprint density at radius 2 is 2.17 bits per heavy atom. The Hall–Kier alpha value is -1.59. The highest BCUT2D eigenvalue weighted by Crippen LogP contribution is 2.33. The molecule has 0 aromatic carbocycles. The van der Waals surface area contributed by atoms with Gasteiger partial charge in [-0.05, 0) is 35.9 Å². The van der Waals surface area contributed by atoms with Gasteiger partial charge in [0.2, 0.25) is 10.0 Å². The molecule has 0 spiro atoms. The van der Waals surface area contributed by atoms with Gasteiger partial charge in [-0.25, -0.2) is 22.3 Å². The molecule has 0 fully saturated rings. The Morgan fingerprint density at radius 1 is 1.46 bits per heavy atom. The zero-order valence-electron chi connectivity index (χ0n) is 12.7. The largest absolute Gasteiger partial charge is 0.365 e. The minimum absolute atomic E-state index is 0.0321. The Bertz CT molecular complexity index is 819. The first-order chi connectivity index (χ1) is 11.2. The van der Waals surface area contributed by atoms with E-state index in [-0.39, 0.29) is 18.7 Å². The second-order valence-electron chi connectivity index (χ2n) is 5.05. The van der Waals surface area contributed by atoms with Crippen molar-refractivity contribution >= 4 is 21.6 Å². The molecular weight excluding hydrogens is 368 g/mol. The summed E-state index contributed by atoms with van der Waals surface area (Å²) in [6.07, 6.45) is 3.13. The van der Waals surface area contributed by atoms with Crippen LogP contribution in [0.5, 0.6) is 0 Å². The van der Waals surface area contributed by atoms with Gasteiger partial charge in [0.1, 0.15) is 5.83 Å². The third-order valence-corrected chi connectivity index (χ3v) is 5.26. The van der Waals surface area contributed by atoms with E-state index in [1.54, 1.807) is 0 Å². The highest BCUT2D eigenvalue weighted by Gasteiger charge is 2.43. The number of hydrogen-bond donors (Lipinski definition) is 1. The molecule has 1 aromatic rings. The van der Waals surface area contributed by atoms with Crippen LogP contribution in [-0.2, 0) is 21.6 Å². The molecule has 0 saturated heterocycles. The first kappa shape index (κ1) is 18.7. The van der Waals surface area contributed by atoms with Crippen LogP contribution in [0.15, 0.2) is 28.8 Å². The summed E-state index contributed by atoms with van der Waals surface area (Å²) in [6, 6.07) is -1.16. The molecule has 1 aliphatic carbocycles. The van der Waals surface area contributed by atoms with Crippen molar-refractivity contribution in [1.29, 1.82) is 0 Å². The molecule has 1 heterocycles. The van der Waals surface area contributed by atoms with Gasteiger partial charge in [-0.2, -0.15) is 9.36 Å². The van der Waals surface area contributed by atoms with Crippen molar-refractivity contribution < 1.29 is 17.2 Å². The SMILES string of the molecule is CCS(=O)(=O)NC1C=CC(F)=CC1(Cl)n1nnn(CCCF)c1=O. The minimum Gasteiger partial charge on any atom is -0.251 e. The van der Waals surface area contributed by atoms with Crippen molar-refractivity contribution in [3.05, 3.63) is 34.5 Å². The van der Waals surface area contributed by atoms with Gasteiger partial charge in [-0.3, -0.25) is 4.39 Å². The van der Waals surface area contributed by atoms with Crippen LogP contribution in [0.25, 0.3) is 0 Å². The lowest BCUT2D eigenvalue weighted by Gasteiger charge is -2.32. The van der Waals surface area contributed by atoms with Gasteiger partial charge < -0.3 is 0 Å². The first-order valence-corrected chi connectivity index (χ1v) is 9.11. The van der Waals surface area contributed by atoms with Crippen LogP contribution < -0.4 is 10.4 Å². The smallest absolute Gasteiger partial charge is 0.251 e. The molecule has 1 aromatic heterocycles. The van der Waals surface area contributed by atoms with E-state index in [0.29, 0.717) is 4.68 Å². The lowest BCUT2D eigenvalue weighted by atomic mass is 10.0. The molecule has 2 unspecified atom stereocenters. The van der Waals surface area contributed by atoms with E-state index in [1.165, 1.54) is 13.0 Å². The molecule has 2 atom stereocenters. The van der Waals surface area contributed by atoms with Crippen LogP contribution in [0, 0.1) is 0 Å². The summed E-state index contributed by atoms with van der Waals surface area (Å²) in [6.45, 7) is 0.734. The Morgan fingerprint density at radius 3 is 2.79 bits per heavy atom. The fourth-order valence-electron chi connectivity index (χ4n) is 2.09. The standard InChI is InChI=1S/C12H16ClF2N5O3S/c1-2-24(22,23)16-10-5-4-9(15)8-12(10,13)20-11(21)19(17-18-20)7-3-6-14/h4-5,8,10,16H,2-3,6-7H2,1H3. The molecule has 24 heavy (non-hydrogen) atoms. The van der Waals surface area contributed by atoms with Gasteiger partial charge in [0, 0.05) is 0 Å². The van der Waals surface area contributed by atoms with Crippen LogP contribution in [0.3, 0.4) is 0 Å². The number of aryl methyl sites for hydroxylation is 1. The van der Waals surface area contributed by atoms with Crippen molar-refractivity contribution in [3.63, 3.8) is 0 Å². The lowest BCUT2D eigenvalue weighted by Crippen LogP contribution is -2.53. The molecule has 1 N–H and O–H groups in total. The third-order valence-electron chi connectivity index (χ3n) is 3.38. The van der Waals surface area contributed by atoms with Gasteiger partial charge in [-0.1, -0.05) is 17.7 Å². The lowest BCUT2D eigenvalue weighted by molar-refractivity contribution is 0.377. The zero-order chi connectivity index (χ0) is 18.0. The highest BCUT2D eigenvalue weighted by molar-refractivity contribution is 7.89. The monoisotopic (exact) mass is 383 g/mol. The molecule has 0 amide bonds. The second kappa shape index (κ2) is 7.11. The summed E-state index contributed by atoms with van der Waals surface area (Å²) in [7, 11) is -3.69. The molecule has 2 rings (SSSR count). The number of rotatable bonds is 7. The predicted octanol–water partition coefficient (Wildman–Crippen LogP) is 0.422. The zero-order valence-corrected chi connectivity index (χ0v) is 14.3. The number of halogens is 3. The van der Waals surface area contributed by atoms with Crippen LogP contribution in [0.2, 0.25) is 0 Å². The number of nitrogens with zero attached hydrogens (tertiary/aromatic N) is 4. The van der Waals surface area contributed by atoms with E-state index in [9.17, 15) is 22.0 Å². The van der Waals surface area contributed by atoms with Gasteiger partial charge in [0.25, 0.3) is 0 Å². The fraction of sp³-hybridized carbons (Fsp3) is 0.583. The van der Waals surface area contributed by atoms with Crippen LogP contribution in [0.1, 0.15) is 13.3 Å². The topological polar surface area (TPSA) is 98.9 Å². The van der Waals surface area contributed by atoms with Crippen molar-refractivity contribution in [1.82, 2.24) is 24.5 Å². The van der Waals surface area contributed by atoms with Gasteiger partial charge in [-0.15, -0.1) is 0 Å². The van der Waals surface area contributed by atoms with E-state index in [4.69, 9.17) is 11.6 Å². The molecule has 0 saturated carbocycles. The quantitative estimate of drug-likeness (QED) is 0.688. The van der Waals surface area contributed by atoms with Crippen molar-refractivity contribution in [3.8, 4) is 0 Å². The van der Waals surface area contributed by atoms with E-state index in [0.717, 1.165) is 16.8 Å². The second-order valence-corrected chi connectivity index (χ2v) is 7.70. The molecule has 0 radical (unpaired) electrons. The summed E-state index contributed by atoms with van der Waals surface area (Å²) >= 11 is 6.36. The maximum atomic E-state index is 13.7. The van der Waals surface area contributed by atoms with Crippen molar-refractivity contribution in [2.24, 2.45) is 0 Å². The highest BCUT2D eigenvalue weighted by atomic mass is 35.5. The Labute approximate surface area is 141 Å². The van der Waals surface area contributed by atoms with Crippen molar-refractivity contribution in [2.75, 3.05) is 12.4 Å². The molecule has 0 aliphatic heterocycles. The molecule has 12 heteroatoms. The van der Waals surface area contributed by atoms with Gasteiger partial charge in [0.15, 0.2) is 5.00 Å². The molecule has 8 nitrogen and oxygen atoms in total. The van der Waals surface area contributed by atoms with Gasteiger partial charge in [0.05, 0.1) is 25.0 Å². The maximum absolute atomic E-state index is 13.7. The molecular formula is C12H16ClF2N5O3S.